The summed E-state index contributed by atoms with van der Waals surface area (Å²) in [6.07, 6.45) is 3.37. The van der Waals surface area contributed by atoms with Crippen LogP contribution in [0.3, 0.4) is 0 Å². The van der Waals surface area contributed by atoms with Crippen LogP contribution >= 0.6 is 11.3 Å². The van der Waals surface area contributed by atoms with Gasteiger partial charge in [0.15, 0.2) is 0 Å². The summed E-state index contributed by atoms with van der Waals surface area (Å²) in [5.74, 6) is -0.258. The van der Waals surface area contributed by atoms with Crippen LogP contribution in [-0.2, 0) is 21.5 Å². The molecule has 1 aromatic carbocycles. The molecular formula is C22H25N3O3S. The molecule has 0 radical (unpaired) electrons. The zero-order valence-corrected chi connectivity index (χ0v) is 17.5. The Bertz CT molecular complexity index is 952. The molecule has 2 aromatic rings. The van der Waals surface area contributed by atoms with Crippen LogP contribution < -0.4 is 10.6 Å². The quantitative estimate of drug-likeness (QED) is 0.731. The average molecular weight is 412 g/mol. The lowest BCUT2D eigenvalue weighted by atomic mass is 9.80. The molecule has 1 fully saturated rings. The molecule has 1 aliphatic carbocycles. The molecule has 1 aromatic heterocycles. The van der Waals surface area contributed by atoms with E-state index in [1.807, 2.05) is 35.7 Å². The molecule has 2 atom stereocenters. The molecule has 2 N–H and O–H groups in total. The number of hydrogen-bond acceptors (Lipinski definition) is 4. The van der Waals surface area contributed by atoms with Crippen molar-refractivity contribution < 1.29 is 14.4 Å². The molecule has 2 heterocycles. The number of rotatable bonds is 5. The molecule has 0 bridgehead atoms. The fraction of sp³-hybridized carbons (Fsp3) is 0.409. The van der Waals surface area contributed by atoms with Crippen LogP contribution in [0.5, 0.6) is 0 Å². The SMILES string of the molecule is CC[C@H](C)c1ccc(NC(=O)CN2C(=O)N[C@@]3(CCCc4sccc43)C2=O)cc1. The van der Waals surface area contributed by atoms with Gasteiger partial charge in [-0.25, -0.2) is 4.79 Å². The normalized spacial score (nSPS) is 21.8. The number of anilines is 1. The monoisotopic (exact) mass is 411 g/mol. The number of benzene rings is 1. The van der Waals surface area contributed by atoms with E-state index in [-0.39, 0.29) is 18.4 Å². The van der Waals surface area contributed by atoms with Gasteiger partial charge in [0.1, 0.15) is 12.1 Å². The van der Waals surface area contributed by atoms with Gasteiger partial charge in [-0.3, -0.25) is 14.5 Å². The van der Waals surface area contributed by atoms with Crippen molar-refractivity contribution in [2.24, 2.45) is 0 Å². The summed E-state index contributed by atoms with van der Waals surface area (Å²) in [6, 6.07) is 9.10. The Morgan fingerprint density at radius 3 is 2.76 bits per heavy atom. The summed E-state index contributed by atoms with van der Waals surface area (Å²) in [5, 5.41) is 7.61. The van der Waals surface area contributed by atoms with Crippen LogP contribution in [0.15, 0.2) is 35.7 Å². The number of carbonyl (C=O) groups excluding carboxylic acids is 3. The number of aryl methyl sites for hydroxylation is 1. The number of amides is 4. The zero-order chi connectivity index (χ0) is 20.6. The Kier molecular flexibility index (Phi) is 5.17. The second-order valence-corrected chi connectivity index (χ2v) is 8.82. The van der Waals surface area contributed by atoms with E-state index in [1.54, 1.807) is 11.3 Å². The second-order valence-electron chi connectivity index (χ2n) is 7.82. The maximum Gasteiger partial charge on any atom is 0.325 e. The average Bonchev–Trinajstić information content (AvgIpc) is 3.29. The Hall–Kier alpha value is -2.67. The van der Waals surface area contributed by atoms with Crippen LogP contribution in [0.1, 0.15) is 55.0 Å². The predicted molar refractivity (Wildman–Crippen MR) is 113 cm³/mol. The van der Waals surface area contributed by atoms with Crippen molar-refractivity contribution in [3.8, 4) is 0 Å². The molecule has 152 valence electrons. The summed E-state index contributed by atoms with van der Waals surface area (Å²) in [7, 11) is 0. The van der Waals surface area contributed by atoms with E-state index in [4.69, 9.17) is 0 Å². The van der Waals surface area contributed by atoms with E-state index in [0.29, 0.717) is 18.0 Å². The fourth-order valence-electron chi connectivity index (χ4n) is 4.16. The standard InChI is InChI=1S/C22H25N3O3S/c1-3-14(2)15-6-8-16(9-7-15)23-19(26)13-25-20(27)22(24-21(25)28)11-4-5-18-17(22)10-12-29-18/h6-10,12,14H,3-5,11,13H2,1-2H3,(H,23,26)(H,24,28)/t14-,22+/m0/s1. The van der Waals surface area contributed by atoms with Crippen molar-refractivity contribution in [2.45, 2.75) is 51.0 Å². The fourth-order valence-corrected chi connectivity index (χ4v) is 5.16. The molecule has 4 amide bonds. The molecule has 0 saturated carbocycles. The van der Waals surface area contributed by atoms with Crippen LogP contribution in [0.2, 0.25) is 0 Å². The molecular weight excluding hydrogens is 386 g/mol. The third kappa shape index (κ3) is 3.44. The number of nitrogens with zero attached hydrogens (tertiary/aromatic N) is 1. The van der Waals surface area contributed by atoms with E-state index >= 15 is 0 Å². The number of fused-ring (bicyclic) bond motifs is 2. The molecule has 1 saturated heterocycles. The Balaban J connectivity index is 1.46. The number of carbonyl (C=O) groups is 3. The van der Waals surface area contributed by atoms with E-state index in [0.717, 1.165) is 34.6 Å². The molecule has 4 rings (SSSR count). The first-order chi connectivity index (χ1) is 13.9. The van der Waals surface area contributed by atoms with Gasteiger partial charge in [0.25, 0.3) is 5.91 Å². The zero-order valence-electron chi connectivity index (χ0n) is 16.7. The Labute approximate surface area is 174 Å². The van der Waals surface area contributed by atoms with E-state index in [9.17, 15) is 14.4 Å². The second kappa shape index (κ2) is 7.63. The molecule has 29 heavy (non-hydrogen) atoms. The van der Waals surface area contributed by atoms with Gasteiger partial charge in [0, 0.05) is 16.1 Å². The summed E-state index contributed by atoms with van der Waals surface area (Å²) in [4.78, 5) is 40.4. The highest BCUT2D eigenvalue weighted by Gasteiger charge is 2.54. The highest BCUT2D eigenvalue weighted by molar-refractivity contribution is 7.10. The van der Waals surface area contributed by atoms with Crippen molar-refractivity contribution in [1.82, 2.24) is 10.2 Å². The van der Waals surface area contributed by atoms with Crippen molar-refractivity contribution in [1.29, 1.82) is 0 Å². The van der Waals surface area contributed by atoms with Gasteiger partial charge in [-0.15, -0.1) is 11.3 Å². The number of thiophene rings is 1. The molecule has 1 aliphatic heterocycles. The molecule has 6 nitrogen and oxygen atoms in total. The minimum Gasteiger partial charge on any atom is -0.325 e. The predicted octanol–water partition coefficient (Wildman–Crippen LogP) is 3.98. The highest BCUT2D eigenvalue weighted by Crippen LogP contribution is 2.42. The van der Waals surface area contributed by atoms with Crippen LogP contribution in [-0.4, -0.2) is 29.3 Å². The first kappa shape index (κ1) is 19.6. The van der Waals surface area contributed by atoms with Crippen LogP contribution in [0, 0.1) is 0 Å². The van der Waals surface area contributed by atoms with Gasteiger partial charge >= 0.3 is 6.03 Å². The van der Waals surface area contributed by atoms with Gasteiger partial charge in [-0.1, -0.05) is 26.0 Å². The summed E-state index contributed by atoms with van der Waals surface area (Å²) < 4.78 is 0. The van der Waals surface area contributed by atoms with Crippen LogP contribution in [0.4, 0.5) is 10.5 Å². The smallest absolute Gasteiger partial charge is 0.325 e. The number of hydrogen-bond donors (Lipinski definition) is 2. The number of imide groups is 1. The third-order valence-electron chi connectivity index (χ3n) is 6.01. The molecule has 0 unspecified atom stereocenters. The summed E-state index contributed by atoms with van der Waals surface area (Å²) in [5.41, 5.74) is 1.74. The van der Waals surface area contributed by atoms with Crippen molar-refractivity contribution >= 4 is 34.9 Å². The number of nitrogens with one attached hydrogen (secondary N) is 2. The maximum atomic E-state index is 13.2. The van der Waals surface area contributed by atoms with Gasteiger partial charge in [0.05, 0.1) is 0 Å². The topological polar surface area (TPSA) is 78.5 Å². The van der Waals surface area contributed by atoms with E-state index < -0.39 is 11.6 Å². The lowest BCUT2D eigenvalue weighted by Crippen LogP contribution is -2.46. The minimum absolute atomic E-state index is 0.293. The molecule has 7 heteroatoms. The third-order valence-corrected chi connectivity index (χ3v) is 6.99. The summed E-state index contributed by atoms with van der Waals surface area (Å²) in [6.45, 7) is 4.00. The largest absolute Gasteiger partial charge is 0.325 e. The van der Waals surface area contributed by atoms with Crippen LogP contribution in [0.25, 0.3) is 0 Å². The Morgan fingerprint density at radius 1 is 1.28 bits per heavy atom. The number of urea groups is 1. The lowest BCUT2D eigenvalue weighted by Gasteiger charge is -2.31. The molecule has 1 spiro atoms. The first-order valence-corrected chi connectivity index (χ1v) is 10.9. The van der Waals surface area contributed by atoms with Gasteiger partial charge in [0.2, 0.25) is 5.91 Å². The highest BCUT2D eigenvalue weighted by atomic mass is 32.1. The van der Waals surface area contributed by atoms with Gasteiger partial charge < -0.3 is 10.6 Å². The summed E-state index contributed by atoms with van der Waals surface area (Å²) >= 11 is 1.61. The molecule has 2 aliphatic rings. The van der Waals surface area contributed by atoms with Crippen molar-refractivity contribution in [3.05, 3.63) is 51.7 Å². The maximum absolute atomic E-state index is 13.2. The Morgan fingerprint density at radius 2 is 2.03 bits per heavy atom. The first-order valence-electron chi connectivity index (χ1n) is 10.1. The lowest BCUT2D eigenvalue weighted by molar-refractivity contribution is -0.134. The minimum atomic E-state index is -1.01. The van der Waals surface area contributed by atoms with Gasteiger partial charge in [-0.05, 0) is 60.7 Å². The van der Waals surface area contributed by atoms with Crippen molar-refractivity contribution in [2.75, 3.05) is 11.9 Å². The van der Waals surface area contributed by atoms with E-state index in [2.05, 4.69) is 24.5 Å². The van der Waals surface area contributed by atoms with E-state index in [1.165, 1.54) is 5.56 Å². The van der Waals surface area contributed by atoms with Gasteiger partial charge in [-0.2, -0.15) is 0 Å². The van der Waals surface area contributed by atoms with Crippen molar-refractivity contribution in [3.63, 3.8) is 0 Å².